The van der Waals surface area contributed by atoms with E-state index >= 15 is 0 Å². The van der Waals surface area contributed by atoms with E-state index in [9.17, 15) is 0 Å². The summed E-state index contributed by atoms with van der Waals surface area (Å²) in [5, 5.41) is 0. The van der Waals surface area contributed by atoms with Crippen LogP contribution >= 0.6 is 0 Å². The zero-order valence-corrected chi connectivity index (χ0v) is 11.5. The summed E-state index contributed by atoms with van der Waals surface area (Å²) in [6, 6.07) is 8.90. The van der Waals surface area contributed by atoms with E-state index in [4.69, 9.17) is 4.74 Å². The molecule has 2 rings (SSSR count). The van der Waals surface area contributed by atoms with Crippen molar-refractivity contribution in [1.82, 2.24) is 0 Å². The van der Waals surface area contributed by atoms with E-state index in [0.717, 1.165) is 12.3 Å². The molecule has 1 atom stereocenters. The molecule has 3 heteroatoms. The Labute approximate surface area is 110 Å². The van der Waals surface area contributed by atoms with E-state index in [2.05, 4.69) is 23.9 Å². The van der Waals surface area contributed by atoms with Crippen LogP contribution < -0.4 is 15.4 Å². The van der Waals surface area contributed by atoms with E-state index < -0.39 is 0 Å². The van der Waals surface area contributed by atoms with E-state index in [1.807, 2.05) is 6.07 Å². The van der Waals surface area contributed by atoms with Gasteiger partial charge in [0.15, 0.2) is 6.04 Å². The zero-order valence-electron chi connectivity index (χ0n) is 11.5. The normalized spacial score (nSPS) is 19.2. The standard InChI is InChI=1S/C15H24N2O/c1-18-15-9-5-4-8-13(15)14(12-16)17-10-6-2-3-7-11-17/h4-5,8-9,14H,2-3,6-7,10-12,16H2,1H3/p+2/t14-/m0/s1. The number of hydrogen-bond acceptors (Lipinski definition) is 1. The molecule has 100 valence electrons. The summed E-state index contributed by atoms with van der Waals surface area (Å²) in [4.78, 5) is 1.69. The zero-order chi connectivity index (χ0) is 12.8. The molecule has 1 saturated heterocycles. The number of para-hydroxylation sites is 1. The number of quaternary nitrogens is 2. The highest BCUT2D eigenvalue weighted by Crippen LogP contribution is 2.22. The second kappa shape index (κ2) is 6.76. The fourth-order valence-electron chi connectivity index (χ4n) is 3.06. The summed E-state index contributed by atoms with van der Waals surface area (Å²) in [6.45, 7) is 3.49. The van der Waals surface area contributed by atoms with Crippen molar-refractivity contribution in [3.8, 4) is 5.75 Å². The Morgan fingerprint density at radius 2 is 1.83 bits per heavy atom. The molecule has 1 aromatic carbocycles. The SMILES string of the molecule is COc1ccccc1[C@H](C[NH3+])[NH+]1CCCCCC1. The molecule has 0 radical (unpaired) electrons. The highest BCUT2D eigenvalue weighted by Gasteiger charge is 2.27. The van der Waals surface area contributed by atoms with E-state index in [1.165, 1.54) is 44.3 Å². The van der Waals surface area contributed by atoms with Crippen LogP contribution in [0.3, 0.4) is 0 Å². The van der Waals surface area contributed by atoms with Crippen molar-refractivity contribution in [3.63, 3.8) is 0 Å². The van der Waals surface area contributed by atoms with Gasteiger partial charge in [-0.15, -0.1) is 0 Å². The first-order chi connectivity index (χ1) is 8.86. The van der Waals surface area contributed by atoms with Gasteiger partial charge in [-0.2, -0.15) is 0 Å². The maximum Gasteiger partial charge on any atom is 0.166 e. The predicted octanol–water partition coefficient (Wildman–Crippen LogP) is 0.437. The average Bonchev–Trinajstić information content (AvgIpc) is 2.69. The van der Waals surface area contributed by atoms with Gasteiger partial charge in [0, 0.05) is 0 Å². The third-order valence-electron chi connectivity index (χ3n) is 4.04. The molecule has 1 aromatic rings. The molecule has 0 unspecified atom stereocenters. The van der Waals surface area contributed by atoms with Gasteiger partial charge in [-0.1, -0.05) is 12.1 Å². The van der Waals surface area contributed by atoms with Crippen LogP contribution in [0.15, 0.2) is 24.3 Å². The molecular weight excluding hydrogens is 224 g/mol. The van der Waals surface area contributed by atoms with Gasteiger partial charge in [0.05, 0.1) is 25.8 Å². The summed E-state index contributed by atoms with van der Waals surface area (Å²) in [5.74, 6) is 1.02. The minimum Gasteiger partial charge on any atom is -0.496 e. The summed E-state index contributed by atoms with van der Waals surface area (Å²) in [5.41, 5.74) is 5.49. The van der Waals surface area contributed by atoms with Crippen LogP contribution in [0.2, 0.25) is 0 Å². The van der Waals surface area contributed by atoms with Crippen LogP contribution in [0.1, 0.15) is 37.3 Å². The lowest BCUT2D eigenvalue weighted by Crippen LogP contribution is -3.13. The maximum absolute atomic E-state index is 5.51. The van der Waals surface area contributed by atoms with Crippen LogP contribution in [-0.2, 0) is 0 Å². The molecule has 1 fully saturated rings. The fraction of sp³-hybridized carbons (Fsp3) is 0.600. The number of likely N-dealkylation sites (tertiary alicyclic amines) is 1. The number of benzene rings is 1. The van der Waals surface area contributed by atoms with Gasteiger partial charge < -0.3 is 15.4 Å². The van der Waals surface area contributed by atoms with Crippen LogP contribution in [0, 0.1) is 0 Å². The van der Waals surface area contributed by atoms with Crippen molar-refractivity contribution in [2.24, 2.45) is 0 Å². The Bertz CT molecular complexity index is 359. The van der Waals surface area contributed by atoms with Gasteiger partial charge >= 0.3 is 0 Å². The van der Waals surface area contributed by atoms with Crippen LogP contribution in [0.5, 0.6) is 5.75 Å². The molecule has 18 heavy (non-hydrogen) atoms. The quantitative estimate of drug-likeness (QED) is 0.800. The molecule has 0 bridgehead atoms. The molecular formula is C15H26N2O+2. The topological polar surface area (TPSA) is 41.3 Å². The van der Waals surface area contributed by atoms with Crippen molar-refractivity contribution in [1.29, 1.82) is 0 Å². The van der Waals surface area contributed by atoms with Crippen LogP contribution in [0.4, 0.5) is 0 Å². The highest BCUT2D eigenvalue weighted by atomic mass is 16.5. The Hall–Kier alpha value is -1.06. The molecule has 0 amide bonds. The molecule has 0 aromatic heterocycles. The lowest BCUT2D eigenvalue weighted by molar-refractivity contribution is -0.937. The Balaban J connectivity index is 2.20. The van der Waals surface area contributed by atoms with E-state index in [0.29, 0.717) is 6.04 Å². The molecule has 0 spiro atoms. The van der Waals surface area contributed by atoms with Gasteiger partial charge in [0.1, 0.15) is 12.3 Å². The van der Waals surface area contributed by atoms with E-state index in [1.54, 1.807) is 12.0 Å². The van der Waals surface area contributed by atoms with Crippen molar-refractivity contribution in [2.45, 2.75) is 31.7 Å². The lowest BCUT2D eigenvalue weighted by atomic mass is 10.0. The van der Waals surface area contributed by atoms with E-state index in [-0.39, 0.29) is 0 Å². The first-order valence-corrected chi connectivity index (χ1v) is 7.13. The van der Waals surface area contributed by atoms with Gasteiger partial charge in [0.25, 0.3) is 0 Å². The highest BCUT2D eigenvalue weighted by molar-refractivity contribution is 5.34. The van der Waals surface area contributed by atoms with Crippen LogP contribution in [-0.4, -0.2) is 26.7 Å². The molecule has 1 aliphatic heterocycles. The smallest absolute Gasteiger partial charge is 0.166 e. The van der Waals surface area contributed by atoms with Gasteiger partial charge in [-0.25, -0.2) is 0 Å². The van der Waals surface area contributed by atoms with Gasteiger partial charge in [-0.3, -0.25) is 0 Å². The minimum atomic E-state index is 0.485. The average molecular weight is 250 g/mol. The molecule has 0 aliphatic carbocycles. The second-order valence-electron chi connectivity index (χ2n) is 5.16. The summed E-state index contributed by atoms with van der Waals surface area (Å²) in [6.07, 6.45) is 5.47. The van der Waals surface area contributed by atoms with Crippen molar-refractivity contribution in [3.05, 3.63) is 29.8 Å². The van der Waals surface area contributed by atoms with Gasteiger partial charge in [0.2, 0.25) is 0 Å². The number of methoxy groups -OCH3 is 1. The van der Waals surface area contributed by atoms with Crippen molar-refractivity contribution in [2.75, 3.05) is 26.7 Å². The van der Waals surface area contributed by atoms with Crippen molar-refractivity contribution >= 4 is 0 Å². The molecule has 1 heterocycles. The molecule has 3 nitrogen and oxygen atoms in total. The first kappa shape index (κ1) is 13.4. The van der Waals surface area contributed by atoms with Crippen molar-refractivity contribution < 1.29 is 15.4 Å². The predicted molar refractivity (Wildman–Crippen MR) is 72.7 cm³/mol. The number of ether oxygens (including phenoxy) is 1. The number of hydrogen-bond donors (Lipinski definition) is 2. The third kappa shape index (κ3) is 3.03. The maximum atomic E-state index is 5.51. The Morgan fingerprint density at radius 3 is 2.44 bits per heavy atom. The second-order valence-corrected chi connectivity index (χ2v) is 5.16. The first-order valence-electron chi connectivity index (χ1n) is 7.13. The fourth-order valence-corrected chi connectivity index (χ4v) is 3.06. The summed E-state index contributed by atoms with van der Waals surface area (Å²) in [7, 11) is 1.76. The molecule has 4 N–H and O–H groups in total. The lowest BCUT2D eigenvalue weighted by Gasteiger charge is -2.26. The Morgan fingerprint density at radius 1 is 1.17 bits per heavy atom. The third-order valence-corrected chi connectivity index (χ3v) is 4.04. The number of nitrogens with one attached hydrogen (secondary N) is 1. The largest absolute Gasteiger partial charge is 0.496 e. The Kier molecular flexibility index (Phi) is 5.02. The summed E-state index contributed by atoms with van der Waals surface area (Å²) < 4.78 is 5.51. The molecule has 0 saturated carbocycles. The van der Waals surface area contributed by atoms with Gasteiger partial charge in [-0.05, 0) is 37.8 Å². The monoisotopic (exact) mass is 250 g/mol. The summed E-state index contributed by atoms with van der Waals surface area (Å²) >= 11 is 0. The molecule has 1 aliphatic rings. The number of rotatable bonds is 4. The minimum absolute atomic E-state index is 0.485. The van der Waals surface area contributed by atoms with Crippen LogP contribution in [0.25, 0.3) is 0 Å².